The van der Waals surface area contributed by atoms with Gasteiger partial charge in [-0.3, -0.25) is 9.69 Å². The van der Waals surface area contributed by atoms with Crippen LogP contribution < -0.4 is 10.1 Å². The molecule has 0 bridgehead atoms. The van der Waals surface area contributed by atoms with Crippen LogP contribution in [0.4, 0.5) is 4.79 Å². The number of piperazine rings is 1. The Bertz CT molecular complexity index is 1120. The smallest absolute Gasteiger partial charge is 0.326 e. The lowest BCUT2D eigenvalue weighted by molar-refractivity contribution is -0.132. The summed E-state index contributed by atoms with van der Waals surface area (Å²) in [5.74, 6) is 0.245. The van der Waals surface area contributed by atoms with Gasteiger partial charge in [0, 0.05) is 26.2 Å². The van der Waals surface area contributed by atoms with Gasteiger partial charge in [0.25, 0.3) is 5.91 Å². The summed E-state index contributed by atoms with van der Waals surface area (Å²) in [7, 11) is -2.02. The zero-order valence-corrected chi connectivity index (χ0v) is 18.8. The van der Waals surface area contributed by atoms with Crippen molar-refractivity contribution in [2.45, 2.75) is 17.4 Å². The summed E-state index contributed by atoms with van der Waals surface area (Å²) in [5, 5.41) is 2.79. The number of urea groups is 1. The number of sulfonamides is 1. The van der Waals surface area contributed by atoms with Gasteiger partial charge in [0.15, 0.2) is 0 Å². The fourth-order valence-corrected chi connectivity index (χ4v) is 5.45. The second kappa shape index (κ2) is 8.53. The van der Waals surface area contributed by atoms with Gasteiger partial charge in [0.05, 0.1) is 18.7 Å². The average Bonchev–Trinajstić information content (AvgIpc) is 3.04. The Balaban J connectivity index is 1.42. The molecule has 2 fully saturated rings. The first kappa shape index (κ1) is 22.3. The number of nitrogens with zero attached hydrogens (tertiary/aromatic N) is 3. The Morgan fingerprint density at radius 1 is 1.00 bits per heavy atom. The van der Waals surface area contributed by atoms with Crippen molar-refractivity contribution in [3.8, 4) is 5.75 Å². The van der Waals surface area contributed by atoms with E-state index in [1.54, 1.807) is 68.6 Å². The maximum Gasteiger partial charge on any atom is 0.326 e. The van der Waals surface area contributed by atoms with Crippen LogP contribution in [0.3, 0.4) is 0 Å². The van der Waals surface area contributed by atoms with Gasteiger partial charge in [-0.25, -0.2) is 18.1 Å². The summed E-state index contributed by atoms with van der Waals surface area (Å²) >= 11 is 0. The number of ether oxygens (including phenoxy) is 1. The van der Waals surface area contributed by atoms with Crippen LogP contribution in [0.2, 0.25) is 0 Å². The normalized spacial score (nSPS) is 22.8. The number of amides is 3. The minimum absolute atomic E-state index is 0.101. The standard InChI is InChI=1S/C22H26N4O5S/c1-22(17-7-6-8-18(15-17)31-2)20(27)26(21(28)23-22)16-24-11-13-25(14-12-24)32(29,30)19-9-4-3-5-10-19/h3-10,15H,11-14,16H2,1-2H3,(H,23,28). The summed E-state index contributed by atoms with van der Waals surface area (Å²) in [6.07, 6.45) is 0. The van der Waals surface area contributed by atoms with Gasteiger partial charge in [0.1, 0.15) is 11.3 Å². The molecule has 10 heteroatoms. The van der Waals surface area contributed by atoms with Crippen LogP contribution in [0.15, 0.2) is 59.5 Å². The van der Waals surface area contributed by atoms with Crippen molar-refractivity contribution in [3.63, 3.8) is 0 Å². The molecule has 2 saturated heterocycles. The van der Waals surface area contributed by atoms with Gasteiger partial charge in [0.2, 0.25) is 10.0 Å². The van der Waals surface area contributed by atoms with Gasteiger partial charge in [-0.05, 0) is 36.8 Å². The van der Waals surface area contributed by atoms with Crippen molar-refractivity contribution in [2.24, 2.45) is 0 Å². The van der Waals surface area contributed by atoms with Gasteiger partial charge in [-0.1, -0.05) is 30.3 Å². The Morgan fingerprint density at radius 3 is 2.34 bits per heavy atom. The minimum Gasteiger partial charge on any atom is -0.497 e. The molecule has 9 nitrogen and oxygen atoms in total. The fraction of sp³-hybridized carbons (Fsp3) is 0.364. The predicted molar refractivity (Wildman–Crippen MR) is 117 cm³/mol. The third kappa shape index (κ3) is 3.96. The highest BCUT2D eigenvalue weighted by atomic mass is 32.2. The Kier molecular flexibility index (Phi) is 5.93. The highest BCUT2D eigenvalue weighted by Crippen LogP contribution is 2.31. The molecule has 4 rings (SSSR count). The van der Waals surface area contributed by atoms with Crippen LogP contribution >= 0.6 is 0 Å². The number of rotatable bonds is 6. The third-order valence-electron chi connectivity index (χ3n) is 5.98. The molecule has 0 aromatic heterocycles. The SMILES string of the molecule is COc1cccc(C2(C)NC(=O)N(CN3CCN(S(=O)(=O)c4ccccc4)CC3)C2=O)c1. The maximum absolute atomic E-state index is 13.2. The van der Waals surface area contributed by atoms with Crippen molar-refractivity contribution in [2.75, 3.05) is 40.0 Å². The molecule has 0 radical (unpaired) electrons. The number of imide groups is 1. The number of methoxy groups -OCH3 is 1. The fourth-order valence-electron chi connectivity index (χ4n) is 4.01. The van der Waals surface area contributed by atoms with E-state index in [2.05, 4.69) is 5.32 Å². The largest absolute Gasteiger partial charge is 0.497 e. The van der Waals surface area contributed by atoms with Crippen molar-refractivity contribution in [3.05, 3.63) is 60.2 Å². The molecule has 3 amide bonds. The van der Waals surface area contributed by atoms with Gasteiger partial charge >= 0.3 is 6.03 Å². The number of carbonyl (C=O) groups excluding carboxylic acids is 2. The molecule has 2 aliphatic rings. The van der Waals surface area contributed by atoms with E-state index in [1.807, 2.05) is 4.90 Å². The Hall–Kier alpha value is -2.95. The molecule has 2 aromatic rings. The lowest BCUT2D eigenvalue weighted by atomic mass is 9.92. The van der Waals surface area contributed by atoms with Crippen LogP contribution in [0.1, 0.15) is 12.5 Å². The summed E-state index contributed by atoms with van der Waals surface area (Å²) in [4.78, 5) is 29.2. The van der Waals surface area contributed by atoms with Gasteiger partial charge in [-0.15, -0.1) is 0 Å². The van der Waals surface area contributed by atoms with Gasteiger partial charge < -0.3 is 10.1 Å². The molecule has 0 saturated carbocycles. The quantitative estimate of drug-likeness (QED) is 0.658. The van der Waals surface area contributed by atoms with E-state index in [0.717, 1.165) is 0 Å². The molecule has 0 spiro atoms. The zero-order chi connectivity index (χ0) is 22.9. The number of hydrogen-bond acceptors (Lipinski definition) is 6. The molecular formula is C22H26N4O5S. The molecule has 32 heavy (non-hydrogen) atoms. The third-order valence-corrected chi connectivity index (χ3v) is 7.89. The molecule has 0 aliphatic carbocycles. The Labute approximate surface area is 187 Å². The summed E-state index contributed by atoms with van der Waals surface area (Å²) < 4.78 is 32.3. The lowest BCUT2D eigenvalue weighted by Gasteiger charge is -2.35. The molecule has 1 N–H and O–H groups in total. The molecule has 1 unspecified atom stereocenters. The molecule has 1 atom stereocenters. The van der Waals surface area contributed by atoms with E-state index < -0.39 is 21.6 Å². The van der Waals surface area contributed by atoms with Crippen molar-refractivity contribution in [1.29, 1.82) is 0 Å². The molecular weight excluding hydrogens is 432 g/mol. The number of carbonyl (C=O) groups is 2. The first-order valence-corrected chi connectivity index (χ1v) is 11.8. The van der Waals surface area contributed by atoms with Crippen molar-refractivity contribution in [1.82, 2.24) is 19.4 Å². The van der Waals surface area contributed by atoms with E-state index in [1.165, 1.54) is 9.21 Å². The monoisotopic (exact) mass is 458 g/mol. The van der Waals surface area contributed by atoms with Crippen LogP contribution in [0, 0.1) is 0 Å². The summed E-state index contributed by atoms with van der Waals surface area (Å²) in [6.45, 7) is 3.18. The van der Waals surface area contributed by atoms with E-state index >= 15 is 0 Å². The van der Waals surface area contributed by atoms with E-state index in [9.17, 15) is 18.0 Å². The highest BCUT2D eigenvalue weighted by Gasteiger charge is 2.49. The first-order valence-electron chi connectivity index (χ1n) is 10.3. The van der Waals surface area contributed by atoms with Crippen molar-refractivity contribution < 1.29 is 22.7 Å². The van der Waals surface area contributed by atoms with Gasteiger partial charge in [-0.2, -0.15) is 4.31 Å². The number of benzene rings is 2. The summed E-state index contributed by atoms with van der Waals surface area (Å²) in [6, 6.07) is 14.9. The average molecular weight is 459 g/mol. The molecule has 2 aliphatic heterocycles. The van der Waals surface area contributed by atoms with Crippen LogP contribution in [-0.2, 0) is 20.4 Å². The maximum atomic E-state index is 13.2. The second-order valence-electron chi connectivity index (χ2n) is 8.00. The van der Waals surface area contributed by atoms with Crippen LogP contribution in [-0.4, -0.2) is 74.4 Å². The molecule has 2 aromatic carbocycles. The van der Waals surface area contributed by atoms with E-state index in [4.69, 9.17) is 4.74 Å². The Morgan fingerprint density at radius 2 is 1.69 bits per heavy atom. The predicted octanol–water partition coefficient (Wildman–Crippen LogP) is 1.43. The first-order chi connectivity index (χ1) is 15.3. The molecule has 2 heterocycles. The number of hydrogen-bond donors (Lipinski definition) is 1. The zero-order valence-electron chi connectivity index (χ0n) is 18.0. The summed E-state index contributed by atoms with van der Waals surface area (Å²) in [5.41, 5.74) is -0.555. The van der Waals surface area contributed by atoms with E-state index in [0.29, 0.717) is 24.4 Å². The second-order valence-corrected chi connectivity index (χ2v) is 9.93. The minimum atomic E-state index is -3.56. The highest BCUT2D eigenvalue weighted by molar-refractivity contribution is 7.89. The molecule has 170 valence electrons. The van der Waals surface area contributed by atoms with E-state index in [-0.39, 0.29) is 30.6 Å². The lowest BCUT2D eigenvalue weighted by Crippen LogP contribution is -2.52. The van der Waals surface area contributed by atoms with Crippen LogP contribution in [0.5, 0.6) is 5.75 Å². The topological polar surface area (TPSA) is 99.3 Å². The number of nitrogens with one attached hydrogen (secondary N) is 1. The van der Waals surface area contributed by atoms with Crippen LogP contribution in [0.25, 0.3) is 0 Å². The van der Waals surface area contributed by atoms with Crippen molar-refractivity contribution >= 4 is 22.0 Å².